The molecule has 0 aliphatic heterocycles. The van der Waals surface area contributed by atoms with Crippen molar-refractivity contribution in [3.63, 3.8) is 0 Å². The third-order valence-corrected chi connectivity index (χ3v) is 6.70. The topological polar surface area (TPSA) is 102 Å². The first-order valence-electron chi connectivity index (χ1n) is 14.5. The van der Waals surface area contributed by atoms with Crippen molar-refractivity contribution >= 4 is 29.4 Å². The number of methoxy groups -OCH3 is 1. The van der Waals surface area contributed by atoms with Crippen LogP contribution < -0.4 is 10.2 Å². The van der Waals surface area contributed by atoms with Gasteiger partial charge in [-0.2, -0.15) is 0 Å². The number of benzene rings is 2. The molecule has 1 N–H and O–H groups in total. The summed E-state index contributed by atoms with van der Waals surface area (Å²) in [6, 6.07) is 13.1. The molecule has 0 fully saturated rings. The Morgan fingerprint density at radius 1 is 0.775 bits per heavy atom. The third-order valence-electron chi connectivity index (χ3n) is 6.70. The normalized spacial score (nSPS) is 10.6. The number of esters is 2. The van der Waals surface area contributed by atoms with Crippen LogP contribution in [0.2, 0.25) is 0 Å². The number of hydrogen-bond donors (Lipinski definition) is 1. The van der Waals surface area contributed by atoms with Gasteiger partial charge in [0.15, 0.2) is 0 Å². The first-order valence-corrected chi connectivity index (χ1v) is 14.5. The Kier molecular flexibility index (Phi) is 15.1. The lowest BCUT2D eigenvalue weighted by Crippen LogP contribution is -2.37. The van der Waals surface area contributed by atoms with Crippen LogP contribution in [0.4, 0.5) is 5.69 Å². The Bertz CT molecular complexity index is 1080. The van der Waals surface area contributed by atoms with Crippen LogP contribution >= 0.6 is 0 Å². The summed E-state index contributed by atoms with van der Waals surface area (Å²) in [7, 11) is 1.28. The van der Waals surface area contributed by atoms with E-state index in [0.29, 0.717) is 23.4 Å². The van der Waals surface area contributed by atoms with E-state index < -0.39 is 17.8 Å². The van der Waals surface area contributed by atoms with Crippen LogP contribution in [0.1, 0.15) is 104 Å². The van der Waals surface area contributed by atoms with E-state index in [0.717, 1.165) is 12.8 Å². The number of hydrogen-bond acceptors (Lipinski definition) is 6. The predicted molar refractivity (Wildman–Crippen MR) is 156 cm³/mol. The lowest BCUT2D eigenvalue weighted by molar-refractivity contribution is -0.153. The number of carbonyl (C=O) groups excluding carboxylic acids is 4. The molecule has 0 spiro atoms. The maximum absolute atomic E-state index is 13.0. The molecule has 2 aromatic rings. The number of amides is 2. The SMILES string of the molecule is CCCCCCCCCCCCNC(=O)c1ccc(N(Cc2ccccc2C(=O)OC)C(=O)C(=O)OCC)cc1. The summed E-state index contributed by atoms with van der Waals surface area (Å²) in [5, 5.41) is 2.95. The molecule has 0 aromatic heterocycles. The van der Waals surface area contributed by atoms with Crippen molar-refractivity contribution in [3.8, 4) is 0 Å². The minimum Gasteiger partial charge on any atom is -0.465 e. The van der Waals surface area contributed by atoms with Crippen molar-refractivity contribution in [2.24, 2.45) is 0 Å². The van der Waals surface area contributed by atoms with Gasteiger partial charge in [0, 0.05) is 17.8 Å². The molecule has 8 nitrogen and oxygen atoms in total. The second kappa shape index (κ2) is 18.6. The predicted octanol–water partition coefficient (Wildman–Crippen LogP) is 6.22. The van der Waals surface area contributed by atoms with Gasteiger partial charge in [-0.15, -0.1) is 0 Å². The van der Waals surface area contributed by atoms with E-state index in [-0.39, 0.29) is 24.6 Å². The number of rotatable bonds is 17. The van der Waals surface area contributed by atoms with Crippen LogP contribution in [0.25, 0.3) is 0 Å². The zero-order chi connectivity index (χ0) is 29.2. The summed E-state index contributed by atoms with van der Waals surface area (Å²) in [6.07, 6.45) is 12.3. The molecule has 40 heavy (non-hydrogen) atoms. The van der Waals surface area contributed by atoms with Gasteiger partial charge in [-0.1, -0.05) is 82.9 Å². The van der Waals surface area contributed by atoms with Crippen molar-refractivity contribution in [2.75, 3.05) is 25.2 Å². The molecule has 2 aromatic carbocycles. The molecule has 0 aliphatic carbocycles. The highest BCUT2D eigenvalue weighted by atomic mass is 16.5. The highest BCUT2D eigenvalue weighted by molar-refractivity contribution is 6.38. The maximum Gasteiger partial charge on any atom is 0.397 e. The summed E-state index contributed by atoms with van der Waals surface area (Å²) >= 11 is 0. The van der Waals surface area contributed by atoms with E-state index >= 15 is 0 Å². The quantitative estimate of drug-likeness (QED) is 0.142. The average molecular weight is 553 g/mol. The largest absolute Gasteiger partial charge is 0.465 e. The van der Waals surface area contributed by atoms with Crippen LogP contribution in [-0.2, 0) is 25.6 Å². The molecular weight excluding hydrogens is 508 g/mol. The molecule has 0 aliphatic rings. The maximum atomic E-state index is 13.0. The number of unbranched alkanes of at least 4 members (excludes halogenated alkanes) is 9. The van der Waals surface area contributed by atoms with E-state index in [1.165, 1.54) is 63.4 Å². The Balaban J connectivity index is 1.96. The molecule has 2 rings (SSSR count). The molecule has 0 saturated heterocycles. The number of anilines is 1. The molecular formula is C32H44N2O6. The zero-order valence-corrected chi connectivity index (χ0v) is 24.2. The molecule has 218 valence electrons. The van der Waals surface area contributed by atoms with E-state index in [9.17, 15) is 19.2 Å². The number of ether oxygens (including phenoxy) is 2. The van der Waals surface area contributed by atoms with Crippen LogP contribution in [0, 0.1) is 0 Å². The van der Waals surface area contributed by atoms with Gasteiger partial charge in [0.1, 0.15) is 0 Å². The summed E-state index contributed by atoms with van der Waals surface area (Å²) in [4.78, 5) is 51.4. The second-order valence-electron chi connectivity index (χ2n) is 9.75. The molecule has 0 heterocycles. The number of nitrogens with zero attached hydrogens (tertiary/aromatic N) is 1. The molecule has 0 bridgehead atoms. The van der Waals surface area contributed by atoms with Crippen LogP contribution in [0.15, 0.2) is 48.5 Å². The fraction of sp³-hybridized carbons (Fsp3) is 0.500. The van der Waals surface area contributed by atoms with Crippen LogP contribution in [0.3, 0.4) is 0 Å². The van der Waals surface area contributed by atoms with Crippen LogP contribution in [-0.4, -0.2) is 44.0 Å². The molecule has 0 atom stereocenters. The van der Waals surface area contributed by atoms with E-state index in [2.05, 4.69) is 12.2 Å². The van der Waals surface area contributed by atoms with Gasteiger partial charge in [0.2, 0.25) is 0 Å². The molecule has 0 radical (unpaired) electrons. The standard InChI is InChI=1S/C32H44N2O6/c1-4-6-7-8-9-10-11-12-13-16-23-33-29(35)25-19-21-27(22-20-25)34(30(36)32(38)40-5-2)24-26-17-14-15-18-28(26)31(37)39-3/h14-15,17-22H,4-13,16,23-24H2,1-3H3,(H,33,35). The monoisotopic (exact) mass is 552 g/mol. The van der Waals surface area contributed by atoms with Crippen molar-refractivity contribution in [1.82, 2.24) is 5.32 Å². The fourth-order valence-electron chi connectivity index (χ4n) is 4.43. The Morgan fingerprint density at radius 2 is 1.38 bits per heavy atom. The van der Waals surface area contributed by atoms with Crippen molar-refractivity contribution < 1.29 is 28.7 Å². The van der Waals surface area contributed by atoms with Gasteiger partial charge < -0.3 is 14.8 Å². The number of carbonyl (C=O) groups is 4. The fourth-order valence-corrected chi connectivity index (χ4v) is 4.43. The minimum absolute atomic E-state index is 0.0509. The molecule has 8 heteroatoms. The van der Waals surface area contributed by atoms with Gasteiger partial charge in [-0.3, -0.25) is 14.5 Å². The Labute approximate surface area is 238 Å². The van der Waals surface area contributed by atoms with Crippen LogP contribution in [0.5, 0.6) is 0 Å². The molecule has 2 amide bonds. The van der Waals surface area contributed by atoms with Gasteiger partial charge >= 0.3 is 17.8 Å². The van der Waals surface area contributed by atoms with Crippen molar-refractivity contribution in [3.05, 3.63) is 65.2 Å². The second-order valence-corrected chi connectivity index (χ2v) is 9.75. The lowest BCUT2D eigenvalue weighted by atomic mass is 10.1. The summed E-state index contributed by atoms with van der Waals surface area (Å²) in [5.74, 6) is -2.62. The summed E-state index contributed by atoms with van der Waals surface area (Å²) < 4.78 is 9.78. The first kappa shape index (κ1) is 32.5. The first-order chi connectivity index (χ1) is 19.4. The van der Waals surface area contributed by atoms with E-state index in [1.807, 2.05) is 0 Å². The van der Waals surface area contributed by atoms with Gasteiger partial charge in [-0.05, 0) is 49.2 Å². The Morgan fingerprint density at radius 3 is 1.98 bits per heavy atom. The summed E-state index contributed by atoms with van der Waals surface area (Å²) in [6.45, 7) is 4.44. The minimum atomic E-state index is -1.00. The molecule has 0 saturated carbocycles. The smallest absolute Gasteiger partial charge is 0.397 e. The van der Waals surface area contributed by atoms with Gasteiger partial charge in [0.05, 0.1) is 25.8 Å². The Hall–Kier alpha value is -3.68. The number of nitrogens with one attached hydrogen (secondary N) is 1. The third kappa shape index (κ3) is 10.8. The highest BCUT2D eigenvalue weighted by Crippen LogP contribution is 2.21. The van der Waals surface area contributed by atoms with Crippen molar-refractivity contribution in [1.29, 1.82) is 0 Å². The van der Waals surface area contributed by atoms with Gasteiger partial charge in [0.25, 0.3) is 5.91 Å². The van der Waals surface area contributed by atoms with Gasteiger partial charge in [-0.25, -0.2) is 9.59 Å². The zero-order valence-electron chi connectivity index (χ0n) is 24.2. The van der Waals surface area contributed by atoms with Crippen molar-refractivity contribution in [2.45, 2.75) is 84.6 Å². The average Bonchev–Trinajstić information content (AvgIpc) is 2.98. The molecule has 0 unspecified atom stereocenters. The van der Waals surface area contributed by atoms with E-state index in [1.54, 1.807) is 55.5 Å². The highest BCUT2D eigenvalue weighted by Gasteiger charge is 2.26. The summed E-state index contributed by atoms with van der Waals surface area (Å²) in [5.41, 5.74) is 1.64. The van der Waals surface area contributed by atoms with E-state index in [4.69, 9.17) is 9.47 Å². The lowest BCUT2D eigenvalue weighted by Gasteiger charge is -2.23.